The summed E-state index contributed by atoms with van der Waals surface area (Å²) in [5, 5.41) is 53.7. The van der Waals surface area contributed by atoms with Gasteiger partial charge in [-0.2, -0.15) is 0 Å². The third-order valence-corrected chi connectivity index (χ3v) is 8.48. The van der Waals surface area contributed by atoms with Crippen molar-refractivity contribution in [2.24, 2.45) is 17.6 Å². The molecule has 13 N–H and O–H groups in total. The van der Waals surface area contributed by atoms with E-state index in [4.69, 9.17) is 10.8 Å². The van der Waals surface area contributed by atoms with Crippen LogP contribution in [0.3, 0.4) is 0 Å². The van der Waals surface area contributed by atoms with Crippen LogP contribution in [0.2, 0.25) is 0 Å². The van der Waals surface area contributed by atoms with Crippen molar-refractivity contribution < 1.29 is 68.4 Å². The van der Waals surface area contributed by atoms with Crippen molar-refractivity contribution in [3.63, 3.8) is 0 Å². The highest BCUT2D eigenvalue weighted by Gasteiger charge is 2.33. The van der Waals surface area contributed by atoms with Crippen LogP contribution in [0, 0.1) is 11.8 Å². The predicted molar refractivity (Wildman–Crippen MR) is 207 cm³/mol. The zero-order valence-corrected chi connectivity index (χ0v) is 33.5. The highest BCUT2D eigenvalue weighted by atomic mass is 16.4. The summed E-state index contributed by atoms with van der Waals surface area (Å²) in [7, 11) is 0. The predicted octanol–water partition coefficient (Wildman–Crippen LogP) is -3.28. The van der Waals surface area contributed by atoms with Gasteiger partial charge in [-0.3, -0.25) is 43.2 Å². The Bertz CT molecular complexity index is 1660. The summed E-state index contributed by atoms with van der Waals surface area (Å²) in [5.41, 5.74) is 6.17. The Morgan fingerprint density at radius 2 is 1.14 bits per heavy atom. The van der Waals surface area contributed by atoms with Crippen LogP contribution in [-0.4, -0.2) is 135 Å². The maximum absolute atomic E-state index is 13.7. The Balaban J connectivity index is 3.10. The maximum atomic E-state index is 13.7. The lowest BCUT2D eigenvalue weighted by Crippen LogP contribution is -2.60. The van der Waals surface area contributed by atoms with Crippen molar-refractivity contribution in [3.8, 4) is 0 Å². The van der Waals surface area contributed by atoms with E-state index < -0.39 is 140 Å². The number of hydrogen-bond acceptors (Lipinski definition) is 12. The quantitative estimate of drug-likeness (QED) is 0.0435. The van der Waals surface area contributed by atoms with E-state index in [0.29, 0.717) is 5.56 Å². The van der Waals surface area contributed by atoms with Crippen molar-refractivity contribution in [1.29, 1.82) is 0 Å². The Morgan fingerprint density at radius 1 is 0.610 bits per heavy atom. The molecule has 1 aromatic rings. The van der Waals surface area contributed by atoms with Gasteiger partial charge in [0.2, 0.25) is 41.4 Å². The molecule has 1 aromatic carbocycles. The Labute approximate surface area is 340 Å². The van der Waals surface area contributed by atoms with Gasteiger partial charge in [-0.1, -0.05) is 58.0 Å². The summed E-state index contributed by atoms with van der Waals surface area (Å²) in [6.45, 7) is 6.37. The summed E-state index contributed by atoms with van der Waals surface area (Å²) in [6.07, 6.45) is -3.30. The smallest absolute Gasteiger partial charge is 0.326 e. The molecule has 0 radical (unpaired) electrons. The number of carbonyl (C=O) groups is 10. The third-order valence-electron chi connectivity index (χ3n) is 8.48. The van der Waals surface area contributed by atoms with E-state index in [-0.39, 0.29) is 18.8 Å². The number of carbonyl (C=O) groups excluding carboxylic acids is 7. The number of amides is 7. The fraction of sp³-hybridized carbons (Fsp3) is 0.568. The number of carboxylic acids is 3. The highest BCUT2D eigenvalue weighted by Crippen LogP contribution is 2.09. The standard InChI is InChI=1S/C37H56N8O14/c1-18(2)13-25(37(58)59)42-27(48)16-39-32(53)22(11-12-28(49)50)41-26(47)17-40-36(57)31(19(3)4)45-34(55)23(14-21-9-7-6-8-10-21)43-33(54)24(15-29(51)52)44-35(56)30(38)20(5)46/h6-10,18-20,22-25,30-31,46H,11-17,38H2,1-5H3,(H,39,53)(H,40,57)(H,41,47)(H,42,48)(H,43,54)(H,44,56)(H,45,55)(H,49,50)(H,51,52)(H,58,59)/t20-,22+,23+,24+,25+,30+,31+/m1/s1. The lowest BCUT2D eigenvalue weighted by molar-refractivity contribution is -0.142. The molecule has 0 bridgehead atoms. The molecular weight excluding hydrogens is 780 g/mol. The van der Waals surface area contributed by atoms with E-state index in [1.54, 1.807) is 58.0 Å². The molecule has 0 saturated heterocycles. The number of aliphatic hydroxyl groups is 1. The Hall–Kier alpha value is -6.16. The summed E-state index contributed by atoms with van der Waals surface area (Å²) in [6, 6.07) is -0.440. The molecule has 7 amide bonds. The number of aliphatic carboxylic acids is 3. The Morgan fingerprint density at radius 3 is 1.63 bits per heavy atom. The zero-order valence-electron chi connectivity index (χ0n) is 33.5. The number of aliphatic hydroxyl groups excluding tert-OH is 1. The van der Waals surface area contributed by atoms with Gasteiger partial charge in [-0.05, 0) is 37.2 Å². The monoisotopic (exact) mass is 836 g/mol. The number of hydrogen-bond donors (Lipinski definition) is 12. The second-order valence-corrected chi connectivity index (χ2v) is 14.5. The molecule has 0 fully saturated rings. The van der Waals surface area contributed by atoms with Gasteiger partial charge < -0.3 is 63.4 Å². The summed E-state index contributed by atoms with van der Waals surface area (Å²) in [5.74, 6) is -11.5. The van der Waals surface area contributed by atoms with Crippen molar-refractivity contribution in [2.75, 3.05) is 13.1 Å². The van der Waals surface area contributed by atoms with Crippen molar-refractivity contribution in [2.45, 2.75) is 109 Å². The number of carboxylic acid groups (broad SMARTS) is 3. The van der Waals surface area contributed by atoms with Crippen LogP contribution in [0.15, 0.2) is 30.3 Å². The second-order valence-electron chi connectivity index (χ2n) is 14.5. The molecule has 328 valence electrons. The van der Waals surface area contributed by atoms with E-state index >= 15 is 0 Å². The average molecular weight is 837 g/mol. The van der Waals surface area contributed by atoms with Crippen LogP contribution in [0.5, 0.6) is 0 Å². The first-order valence-corrected chi connectivity index (χ1v) is 18.7. The summed E-state index contributed by atoms with van der Waals surface area (Å²) in [4.78, 5) is 125. The van der Waals surface area contributed by atoms with Gasteiger partial charge in [0, 0.05) is 12.8 Å². The van der Waals surface area contributed by atoms with E-state index in [9.17, 15) is 63.3 Å². The first-order valence-electron chi connectivity index (χ1n) is 18.7. The molecule has 59 heavy (non-hydrogen) atoms. The molecule has 0 aromatic heterocycles. The summed E-state index contributed by atoms with van der Waals surface area (Å²) >= 11 is 0. The molecule has 22 heteroatoms. The molecule has 0 heterocycles. The van der Waals surface area contributed by atoms with Gasteiger partial charge in [-0.25, -0.2) is 4.79 Å². The number of nitrogens with one attached hydrogen (secondary N) is 7. The minimum Gasteiger partial charge on any atom is -0.481 e. The number of benzene rings is 1. The highest BCUT2D eigenvalue weighted by molar-refractivity contribution is 5.97. The molecule has 0 aliphatic rings. The van der Waals surface area contributed by atoms with Crippen molar-refractivity contribution in [1.82, 2.24) is 37.2 Å². The van der Waals surface area contributed by atoms with Crippen LogP contribution in [0.1, 0.15) is 65.9 Å². The van der Waals surface area contributed by atoms with Gasteiger partial charge in [0.05, 0.1) is 25.6 Å². The fourth-order valence-corrected chi connectivity index (χ4v) is 5.28. The van der Waals surface area contributed by atoms with Gasteiger partial charge in [-0.15, -0.1) is 0 Å². The largest absolute Gasteiger partial charge is 0.481 e. The zero-order chi connectivity index (χ0) is 45.0. The van der Waals surface area contributed by atoms with E-state index in [2.05, 4.69) is 37.2 Å². The number of rotatable bonds is 26. The maximum Gasteiger partial charge on any atom is 0.326 e. The molecule has 0 unspecified atom stereocenters. The molecule has 7 atom stereocenters. The number of nitrogens with two attached hydrogens (primary N) is 1. The van der Waals surface area contributed by atoms with Crippen LogP contribution in [0.4, 0.5) is 0 Å². The van der Waals surface area contributed by atoms with Crippen LogP contribution in [0.25, 0.3) is 0 Å². The topological polar surface area (TPSA) is 362 Å². The SMILES string of the molecule is CC(C)C[C@H](NC(=O)CNC(=O)[C@H](CCC(=O)O)NC(=O)CNC(=O)[C@@H](NC(=O)[C@H](Cc1ccccc1)NC(=O)[C@H](CC(=O)O)NC(=O)[C@@H](N)[C@@H](C)O)C(C)C)C(=O)O. The van der Waals surface area contributed by atoms with Gasteiger partial charge in [0.1, 0.15) is 36.3 Å². The average Bonchev–Trinajstić information content (AvgIpc) is 3.14. The second kappa shape index (κ2) is 25.3. The minimum absolute atomic E-state index is 0.0753. The molecule has 0 aliphatic carbocycles. The molecule has 0 aliphatic heterocycles. The van der Waals surface area contributed by atoms with Crippen LogP contribution in [-0.2, 0) is 54.4 Å². The first kappa shape index (κ1) is 50.9. The van der Waals surface area contributed by atoms with E-state index in [1.165, 1.54) is 6.92 Å². The van der Waals surface area contributed by atoms with E-state index in [1.807, 2.05) is 0 Å². The van der Waals surface area contributed by atoms with Crippen LogP contribution >= 0.6 is 0 Å². The van der Waals surface area contributed by atoms with Gasteiger partial charge in [0.15, 0.2) is 0 Å². The minimum atomic E-state index is -1.73. The molecule has 0 spiro atoms. The van der Waals surface area contributed by atoms with E-state index in [0.717, 1.165) is 0 Å². The Kier molecular flexibility index (Phi) is 21.8. The lowest BCUT2D eigenvalue weighted by Gasteiger charge is -2.27. The third kappa shape index (κ3) is 19.7. The molecule has 22 nitrogen and oxygen atoms in total. The summed E-state index contributed by atoms with van der Waals surface area (Å²) < 4.78 is 0. The normalized spacial score (nSPS) is 14.5. The molecular formula is C37H56N8O14. The first-order chi connectivity index (χ1) is 27.5. The molecule has 1 rings (SSSR count). The van der Waals surface area contributed by atoms with Gasteiger partial charge >= 0.3 is 17.9 Å². The van der Waals surface area contributed by atoms with Crippen molar-refractivity contribution in [3.05, 3.63) is 35.9 Å². The van der Waals surface area contributed by atoms with Crippen LogP contribution < -0.4 is 43.0 Å². The van der Waals surface area contributed by atoms with Gasteiger partial charge in [0.25, 0.3) is 0 Å². The lowest BCUT2D eigenvalue weighted by atomic mass is 10.0. The fourth-order valence-electron chi connectivity index (χ4n) is 5.28. The van der Waals surface area contributed by atoms with Crippen molar-refractivity contribution >= 4 is 59.3 Å². The molecule has 0 saturated carbocycles.